The van der Waals surface area contributed by atoms with Gasteiger partial charge in [-0.15, -0.1) is 6.42 Å². The molecule has 84 valence electrons. The summed E-state index contributed by atoms with van der Waals surface area (Å²) in [6.07, 6.45) is 5.21. The van der Waals surface area contributed by atoms with Crippen molar-refractivity contribution in [3.63, 3.8) is 0 Å². The molecule has 17 heavy (non-hydrogen) atoms. The molecule has 0 saturated heterocycles. The van der Waals surface area contributed by atoms with Gasteiger partial charge in [-0.3, -0.25) is 0 Å². The monoisotopic (exact) mass is 222 g/mol. The Morgan fingerprint density at radius 3 is 2.12 bits per heavy atom. The Balaban J connectivity index is 2.01. The highest BCUT2D eigenvalue weighted by Gasteiger charge is 2.07. The molecule has 0 aromatic heterocycles. The average molecular weight is 222 g/mol. The molecule has 0 aliphatic heterocycles. The van der Waals surface area contributed by atoms with Gasteiger partial charge in [-0.25, -0.2) is 0 Å². The summed E-state index contributed by atoms with van der Waals surface area (Å²) < 4.78 is 5.73. The highest BCUT2D eigenvalue weighted by atomic mass is 16.5. The minimum absolute atomic E-state index is 0.281. The molecule has 2 aromatic carbocycles. The van der Waals surface area contributed by atoms with Gasteiger partial charge in [-0.05, 0) is 11.1 Å². The van der Waals surface area contributed by atoms with E-state index in [0.29, 0.717) is 6.61 Å². The molecule has 0 bridgehead atoms. The van der Waals surface area contributed by atoms with Gasteiger partial charge in [0, 0.05) is 0 Å². The molecule has 0 N–H and O–H groups in total. The van der Waals surface area contributed by atoms with E-state index < -0.39 is 0 Å². The van der Waals surface area contributed by atoms with E-state index in [1.807, 2.05) is 60.7 Å². The Labute approximate surface area is 102 Å². The smallest absolute Gasteiger partial charge is 0.143 e. The third-order valence-electron chi connectivity index (χ3n) is 2.51. The maximum absolute atomic E-state index is 5.73. The maximum atomic E-state index is 5.73. The Morgan fingerprint density at radius 2 is 1.53 bits per heavy atom. The second-order valence-corrected chi connectivity index (χ2v) is 3.75. The van der Waals surface area contributed by atoms with Crippen molar-refractivity contribution in [2.75, 3.05) is 0 Å². The molecule has 1 heteroatoms. The second kappa shape index (κ2) is 5.89. The predicted octanol–water partition coefficient (Wildman–Crippen LogP) is 3.58. The first-order valence-electron chi connectivity index (χ1n) is 5.57. The fraction of sp³-hybridized carbons (Fsp3) is 0.125. The van der Waals surface area contributed by atoms with Crippen molar-refractivity contribution in [3.05, 3.63) is 71.8 Å². The zero-order chi connectivity index (χ0) is 11.9. The quantitative estimate of drug-likeness (QED) is 0.718. The molecule has 2 aromatic rings. The molecule has 0 fully saturated rings. The molecule has 0 saturated carbocycles. The number of hydrogen-bond acceptors (Lipinski definition) is 1. The molecular weight excluding hydrogens is 208 g/mol. The van der Waals surface area contributed by atoms with Crippen molar-refractivity contribution in [2.45, 2.75) is 12.7 Å². The van der Waals surface area contributed by atoms with E-state index in [0.717, 1.165) is 11.1 Å². The van der Waals surface area contributed by atoms with Crippen molar-refractivity contribution in [1.82, 2.24) is 0 Å². The first-order valence-corrected chi connectivity index (χ1v) is 5.57. The van der Waals surface area contributed by atoms with Gasteiger partial charge in [0.2, 0.25) is 0 Å². The third-order valence-corrected chi connectivity index (χ3v) is 2.51. The number of terminal acetylenes is 1. The minimum Gasteiger partial charge on any atom is -0.356 e. The van der Waals surface area contributed by atoms with Gasteiger partial charge in [0.1, 0.15) is 6.10 Å². The first-order chi connectivity index (χ1) is 8.40. The van der Waals surface area contributed by atoms with Crippen LogP contribution in [-0.4, -0.2) is 0 Å². The summed E-state index contributed by atoms with van der Waals surface area (Å²) in [4.78, 5) is 0. The summed E-state index contributed by atoms with van der Waals surface area (Å²) in [5, 5.41) is 0. The summed E-state index contributed by atoms with van der Waals surface area (Å²) in [7, 11) is 0. The van der Waals surface area contributed by atoms with Crippen LogP contribution in [0.2, 0.25) is 0 Å². The lowest BCUT2D eigenvalue weighted by molar-refractivity contribution is 0.0782. The average Bonchev–Trinajstić information content (AvgIpc) is 2.42. The number of hydrogen-bond donors (Lipinski definition) is 0. The van der Waals surface area contributed by atoms with E-state index in [2.05, 4.69) is 5.92 Å². The molecule has 1 nitrogen and oxygen atoms in total. The highest BCUT2D eigenvalue weighted by Crippen LogP contribution is 2.17. The van der Waals surface area contributed by atoms with Crippen LogP contribution in [0.15, 0.2) is 60.7 Å². The van der Waals surface area contributed by atoms with Crippen LogP contribution in [0.5, 0.6) is 0 Å². The third kappa shape index (κ3) is 3.21. The van der Waals surface area contributed by atoms with Crippen LogP contribution in [0.1, 0.15) is 17.2 Å². The van der Waals surface area contributed by atoms with Gasteiger partial charge in [-0.2, -0.15) is 0 Å². The summed E-state index contributed by atoms with van der Waals surface area (Å²) in [5.74, 6) is 2.67. The zero-order valence-corrected chi connectivity index (χ0v) is 9.54. The molecule has 2 rings (SSSR count). The first kappa shape index (κ1) is 11.4. The molecule has 0 spiro atoms. The van der Waals surface area contributed by atoms with E-state index in [1.165, 1.54) is 0 Å². The summed E-state index contributed by atoms with van der Waals surface area (Å²) in [5.41, 5.74) is 2.15. The van der Waals surface area contributed by atoms with E-state index in [-0.39, 0.29) is 6.10 Å². The van der Waals surface area contributed by atoms with Crippen LogP contribution >= 0.6 is 0 Å². The van der Waals surface area contributed by atoms with E-state index >= 15 is 0 Å². The molecule has 0 amide bonds. The predicted molar refractivity (Wildman–Crippen MR) is 69.2 cm³/mol. The molecule has 0 aliphatic rings. The standard InChI is InChI=1S/C16H14O/c1-2-16(15-11-7-4-8-12-15)17-13-14-9-5-3-6-10-14/h1,3-12,16H,13H2. The van der Waals surface area contributed by atoms with Gasteiger partial charge in [0.15, 0.2) is 0 Å². The maximum Gasteiger partial charge on any atom is 0.143 e. The van der Waals surface area contributed by atoms with E-state index in [1.54, 1.807) is 0 Å². The van der Waals surface area contributed by atoms with Crippen LogP contribution in [0.25, 0.3) is 0 Å². The Morgan fingerprint density at radius 1 is 0.941 bits per heavy atom. The SMILES string of the molecule is C#CC(OCc1ccccc1)c1ccccc1. The van der Waals surface area contributed by atoms with Gasteiger partial charge >= 0.3 is 0 Å². The van der Waals surface area contributed by atoms with E-state index in [9.17, 15) is 0 Å². The number of ether oxygens (including phenoxy) is 1. The topological polar surface area (TPSA) is 9.23 Å². The van der Waals surface area contributed by atoms with Crippen LogP contribution in [-0.2, 0) is 11.3 Å². The fourth-order valence-electron chi connectivity index (χ4n) is 1.62. The van der Waals surface area contributed by atoms with Gasteiger partial charge in [0.05, 0.1) is 6.61 Å². The van der Waals surface area contributed by atoms with Crippen LogP contribution in [0.4, 0.5) is 0 Å². The van der Waals surface area contributed by atoms with Crippen LogP contribution in [0, 0.1) is 12.3 Å². The molecule has 0 heterocycles. The minimum atomic E-state index is -0.281. The normalized spacial score (nSPS) is 11.7. The van der Waals surface area contributed by atoms with Crippen LogP contribution in [0.3, 0.4) is 0 Å². The van der Waals surface area contributed by atoms with Crippen molar-refractivity contribution >= 4 is 0 Å². The van der Waals surface area contributed by atoms with Gasteiger partial charge in [-0.1, -0.05) is 66.6 Å². The number of rotatable bonds is 4. The lowest BCUT2D eigenvalue weighted by Gasteiger charge is -2.12. The largest absolute Gasteiger partial charge is 0.356 e. The highest BCUT2D eigenvalue weighted by molar-refractivity contribution is 5.24. The summed E-state index contributed by atoms with van der Waals surface area (Å²) in [6.45, 7) is 0.532. The fourth-order valence-corrected chi connectivity index (χ4v) is 1.62. The number of benzene rings is 2. The Hall–Kier alpha value is -2.04. The van der Waals surface area contributed by atoms with Crippen molar-refractivity contribution < 1.29 is 4.74 Å². The molecule has 1 unspecified atom stereocenters. The van der Waals surface area contributed by atoms with Gasteiger partial charge < -0.3 is 4.74 Å². The molecule has 0 aliphatic carbocycles. The van der Waals surface area contributed by atoms with Crippen molar-refractivity contribution in [2.24, 2.45) is 0 Å². The molecule has 0 radical (unpaired) electrons. The lowest BCUT2D eigenvalue weighted by Crippen LogP contribution is -2.01. The van der Waals surface area contributed by atoms with Crippen molar-refractivity contribution in [1.29, 1.82) is 0 Å². The summed E-state index contributed by atoms with van der Waals surface area (Å²) >= 11 is 0. The second-order valence-electron chi connectivity index (χ2n) is 3.75. The van der Waals surface area contributed by atoms with Crippen LogP contribution < -0.4 is 0 Å². The van der Waals surface area contributed by atoms with Gasteiger partial charge in [0.25, 0.3) is 0 Å². The Kier molecular flexibility index (Phi) is 3.96. The van der Waals surface area contributed by atoms with Crippen molar-refractivity contribution in [3.8, 4) is 12.3 Å². The molecular formula is C16H14O. The Bertz CT molecular complexity index is 482. The lowest BCUT2D eigenvalue weighted by atomic mass is 10.1. The van der Waals surface area contributed by atoms with E-state index in [4.69, 9.17) is 11.2 Å². The zero-order valence-electron chi connectivity index (χ0n) is 9.54. The molecule has 1 atom stereocenters. The summed E-state index contributed by atoms with van der Waals surface area (Å²) in [6, 6.07) is 19.9.